The number of ketones is 1. The maximum atomic E-state index is 12.3. The third kappa shape index (κ3) is 11.5. The summed E-state index contributed by atoms with van der Waals surface area (Å²) in [5, 5.41) is 27.5. The fourth-order valence-electron chi connectivity index (χ4n) is 3.23. The summed E-state index contributed by atoms with van der Waals surface area (Å²) in [6, 6.07) is 10.1. The largest absolute Gasteiger partial charge is 0.508 e. The number of rotatable bonds is 17. The number of hydrogen-bond donors (Lipinski definition) is 3. The maximum Gasteiger partial charge on any atom is 0.303 e. The Hall–Kier alpha value is -4.73. The standard InChI is InChI=1S/C29H32O10/c1-36-26-17-20(9-13-24(26)38-15-3-5-28(32)33)7-11-22(30)19-23(31)12-8-21-10-14-25(27(18-21)37-2)39-16-4-6-29(34)35/h7-14,17-19,30H,3-6,15-16H2,1-2H3,(H,32,33)(H,34,35)/b11-7+,12-8+,22-19-. The van der Waals surface area contributed by atoms with Crippen molar-refractivity contribution < 1.29 is 48.7 Å². The molecule has 0 atom stereocenters. The molecular formula is C29H32O10. The first-order chi connectivity index (χ1) is 18.7. The van der Waals surface area contributed by atoms with Crippen LogP contribution in [0.15, 0.2) is 60.4 Å². The molecule has 39 heavy (non-hydrogen) atoms. The average molecular weight is 541 g/mol. The number of allylic oxidation sites excluding steroid dienone is 3. The molecule has 0 fully saturated rings. The maximum absolute atomic E-state index is 12.3. The minimum atomic E-state index is -0.890. The lowest BCUT2D eigenvalue weighted by Crippen LogP contribution is -2.03. The number of methoxy groups -OCH3 is 2. The lowest BCUT2D eigenvalue weighted by molar-refractivity contribution is -0.138. The SMILES string of the molecule is COc1cc(/C=C/C(=O)/C=C(O)/C=C/c2ccc(OCCCC(=O)O)c(OC)c2)ccc1OCCCC(=O)O. The quantitative estimate of drug-likeness (QED) is 0.109. The van der Waals surface area contributed by atoms with Crippen molar-refractivity contribution >= 4 is 29.9 Å². The van der Waals surface area contributed by atoms with Crippen LogP contribution in [0.4, 0.5) is 0 Å². The monoisotopic (exact) mass is 540 g/mol. The Morgan fingerprint density at radius 3 is 1.59 bits per heavy atom. The van der Waals surface area contributed by atoms with Gasteiger partial charge in [-0.05, 0) is 60.4 Å². The van der Waals surface area contributed by atoms with Crippen molar-refractivity contribution in [3.05, 3.63) is 71.5 Å². The molecule has 0 saturated carbocycles. The number of carboxylic acids is 2. The van der Waals surface area contributed by atoms with E-state index in [0.29, 0.717) is 47.0 Å². The zero-order chi connectivity index (χ0) is 28.6. The van der Waals surface area contributed by atoms with Crippen molar-refractivity contribution in [1.29, 1.82) is 0 Å². The first-order valence-electron chi connectivity index (χ1n) is 12.1. The third-order valence-corrected chi connectivity index (χ3v) is 5.14. The molecule has 0 bridgehead atoms. The highest BCUT2D eigenvalue weighted by Gasteiger charge is 2.07. The van der Waals surface area contributed by atoms with Gasteiger partial charge in [0.2, 0.25) is 0 Å². The second-order valence-electron chi connectivity index (χ2n) is 8.15. The van der Waals surface area contributed by atoms with Crippen LogP contribution in [0.1, 0.15) is 36.8 Å². The molecule has 2 aromatic carbocycles. The number of hydrogen-bond acceptors (Lipinski definition) is 8. The Morgan fingerprint density at radius 1 is 0.692 bits per heavy atom. The molecule has 10 nitrogen and oxygen atoms in total. The van der Waals surface area contributed by atoms with Gasteiger partial charge in [-0.15, -0.1) is 0 Å². The molecule has 0 amide bonds. The van der Waals surface area contributed by atoms with Gasteiger partial charge in [0.15, 0.2) is 28.8 Å². The van der Waals surface area contributed by atoms with Crippen LogP contribution < -0.4 is 18.9 Å². The summed E-state index contributed by atoms with van der Waals surface area (Å²) in [5.41, 5.74) is 1.35. The number of carbonyl (C=O) groups excluding carboxylic acids is 1. The van der Waals surface area contributed by atoms with Gasteiger partial charge in [0, 0.05) is 18.9 Å². The van der Waals surface area contributed by atoms with Crippen molar-refractivity contribution in [1.82, 2.24) is 0 Å². The van der Waals surface area contributed by atoms with Crippen molar-refractivity contribution in [3.63, 3.8) is 0 Å². The van der Waals surface area contributed by atoms with Crippen LogP contribution in [0.2, 0.25) is 0 Å². The van der Waals surface area contributed by atoms with Gasteiger partial charge < -0.3 is 34.3 Å². The van der Waals surface area contributed by atoms with Crippen LogP contribution in [0.3, 0.4) is 0 Å². The molecular weight excluding hydrogens is 508 g/mol. The van der Waals surface area contributed by atoms with Gasteiger partial charge in [-0.25, -0.2) is 0 Å². The van der Waals surface area contributed by atoms with E-state index in [4.69, 9.17) is 29.2 Å². The van der Waals surface area contributed by atoms with E-state index in [2.05, 4.69) is 0 Å². The second kappa shape index (κ2) is 16.2. The van der Waals surface area contributed by atoms with Crippen LogP contribution in [0.25, 0.3) is 12.2 Å². The van der Waals surface area contributed by atoms with Crippen LogP contribution in [0, 0.1) is 0 Å². The van der Waals surface area contributed by atoms with Crippen molar-refractivity contribution in [2.45, 2.75) is 25.7 Å². The zero-order valence-electron chi connectivity index (χ0n) is 21.8. The van der Waals surface area contributed by atoms with Crippen molar-refractivity contribution in [3.8, 4) is 23.0 Å². The average Bonchev–Trinajstić information content (AvgIpc) is 2.91. The van der Waals surface area contributed by atoms with E-state index >= 15 is 0 Å². The van der Waals surface area contributed by atoms with Crippen LogP contribution in [0.5, 0.6) is 23.0 Å². The van der Waals surface area contributed by atoms with Gasteiger partial charge in [-0.3, -0.25) is 14.4 Å². The molecule has 0 saturated heterocycles. The molecule has 0 aliphatic rings. The van der Waals surface area contributed by atoms with E-state index in [9.17, 15) is 19.5 Å². The first kappa shape index (κ1) is 30.5. The topological polar surface area (TPSA) is 149 Å². The number of benzene rings is 2. The molecule has 0 radical (unpaired) electrons. The van der Waals surface area contributed by atoms with E-state index in [-0.39, 0.29) is 31.8 Å². The van der Waals surface area contributed by atoms with Gasteiger partial charge in [0.05, 0.1) is 27.4 Å². The van der Waals surface area contributed by atoms with E-state index in [0.717, 1.165) is 6.08 Å². The van der Waals surface area contributed by atoms with Crippen LogP contribution >= 0.6 is 0 Å². The number of aliphatic hydroxyl groups is 1. The predicted octanol–water partition coefficient (Wildman–Crippen LogP) is 4.93. The summed E-state index contributed by atoms with van der Waals surface area (Å²) >= 11 is 0. The minimum absolute atomic E-state index is 0.00775. The highest BCUT2D eigenvalue weighted by molar-refractivity contribution is 6.02. The van der Waals surface area contributed by atoms with Crippen LogP contribution in [-0.4, -0.2) is 60.5 Å². The van der Waals surface area contributed by atoms with Gasteiger partial charge in [0.25, 0.3) is 0 Å². The number of aliphatic hydroxyl groups excluding tert-OH is 1. The number of carbonyl (C=O) groups is 3. The van der Waals surface area contributed by atoms with E-state index < -0.39 is 17.7 Å². The van der Waals surface area contributed by atoms with Gasteiger partial charge in [0.1, 0.15) is 5.76 Å². The Bertz CT molecular complexity index is 1230. The highest BCUT2D eigenvalue weighted by Crippen LogP contribution is 2.30. The predicted molar refractivity (Wildman–Crippen MR) is 145 cm³/mol. The summed E-state index contributed by atoms with van der Waals surface area (Å²) in [6.07, 6.45) is 7.64. The number of carboxylic acid groups (broad SMARTS) is 2. The third-order valence-electron chi connectivity index (χ3n) is 5.14. The normalized spacial score (nSPS) is 11.5. The van der Waals surface area contributed by atoms with Crippen molar-refractivity contribution in [2.24, 2.45) is 0 Å². The fraction of sp³-hybridized carbons (Fsp3) is 0.276. The molecule has 208 valence electrons. The lowest BCUT2D eigenvalue weighted by Gasteiger charge is -2.11. The van der Waals surface area contributed by atoms with Gasteiger partial charge in [-0.1, -0.05) is 24.3 Å². The van der Waals surface area contributed by atoms with E-state index in [1.807, 2.05) is 0 Å². The Balaban J connectivity index is 1.96. The second-order valence-corrected chi connectivity index (χ2v) is 8.15. The molecule has 10 heteroatoms. The minimum Gasteiger partial charge on any atom is -0.508 e. The Labute approximate surface area is 226 Å². The van der Waals surface area contributed by atoms with E-state index in [1.54, 1.807) is 48.6 Å². The summed E-state index contributed by atoms with van der Waals surface area (Å²) in [7, 11) is 2.96. The number of aliphatic carboxylic acids is 2. The molecule has 0 aromatic heterocycles. The van der Waals surface area contributed by atoms with Crippen LogP contribution in [-0.2, 0) is 14.4 Å². The zero-order valence-corrected chi connectivity index (χ0v) is 21.8. The smallest absolute Gasteiger partial charge is 0.303 e. The van der Waals surface area contributed by atoms with Crippen molar-refractivity contribution in [2.75, 3.05) is 27.4 Å². The van der Waals surface area contributed by atoms with E-state index in [1.165, 1.54) is 26.4 Å². The highest BCUT2D eigenvalue weighted by atomic mass is 16.5. The number of ether oxygens (including phenoxy) is 4. The molecule has 0 heterocycles. The Kier molecular flexibility index (Phi) is 12.7. The summed E-state index contributed by atoms with van der Waals surface area (Å²) in [4.78, 5) is 33.5. The molecule has 2 rings (SSSR count). The Morgan fingerprint density at radius 2 is 1.15 bits per heavy atom. The lowest BCUT2D eigenvalue weighted by atomic mass is 10.1. The molecule has 3 N–H and O–H groups in total. The molecule has 0 aliphatic carbocycles. The van der Waals surface area contributed by atoms with Gasteiger partial charge >= 0.3 is 11.9 Å². The summed E-state index contributed by atoms with van der Waals surface area (Å²) in [5.74, 6) is -0.653. The first-order valence-corrected chi connectivity index (χ1v) is 12.1. The summed E-state index contributed by atoms with van der Waals surface area (Å²) < 4.78 is 21.7. The molecule has 0 spiro atoms. The van der Waals surface area contributed by atoms with Gasteiger partial charge in [-0.2, -0.15) is 0 Å². The molecule has 0 aliphatic heterocycles. The fourth-order valence-corrected chi connectivity index (χ4v) is 3.23. The summed E-state index contributed by atoms with van der Waals surface area (Å²) in [6.45, 7) is 0.462. The molecule has 0 unspecified atom stereocenters. The molecule has 2 aromatic rings.